The molecule has 0 saturated carbocycles. The highest BCUT2D eigenvalue weighted by Gasteiger charge is 2.06. The summed E-state index contributed by atoms with van der Waals surface area (Å²) in [7, 11) is 1.45. The van der Waals surface area contributed by atoms with E-state index in [1.807, 2.05) is 12.1 Å². The van der Waals surface area contributed by atoms with E-state index < -0.39 is 6.03 Å². The van der Waals surface area contributed by atoms with Gasteiger partial charge in [-0.1, -0.05) is 6.07 Å². The number of carbonyl (C=O) groups excluding carboxylic acids is 2. The summed E-state index contributed by atoms with van der Waals surface area (Å²) in [5.41, 5.74) is 6.24. The van der Waals surface area contributed by atoms with E-state index in [9.17, 15) is 9.59 Å². The lowest BCUT2D eigenvalue weighted by Crippen LogP contribution is -2.38. The first-order chi connectivity index (χ1) is 7.61. The highest BCUT2D eigenvalue weighted by molar-refractivity contribution is 8.00. The highest BCUT2D eigenvalue weighted by atomic mass is 32.2. The summed E-state index contributed by atoms with van der Waals surface area (Å²) in [5, 5.41) is 4.48. The minimum Gasteiger partial charge on any atom is -0.399 e. The normalized spacial score (nSPS) is 9.56. The topological polar surface area (TPSA) is 84.2 Å². The molecule has 0 saturated heterocycles. The maximum atomic E-state index is 11.2. The van der Waals surface area contributed by atoms with E-state index in [1.54, 1.807) is 12.1 Å². The fraction of sp³-hybridized carbons (Fsp3) is 0.200. The van der Waals surface area contributed by atoms with Crippen molar-refractivity contribution in [3.63, 3.8) is 0 Å². The third kappa shape index (κ3) is 4.22. The Morgan fingerprint density at radius 3 is 2.81 bits per heavy atom. The van der Waals surface area contributed by atoms with Crippen LogP contribution in [0.1, 0.15) is 0 Å². The van der Waals surface area contributed by atoms with E-state index in [2.05, 4.69) is 10.6 Å². The summed E-state index contributed by atoms with van der Waals surface area (Å²) in [6, 6.07) is 6.72. The molecule has 0 fully saturated rings. The van der Waals surface area contributed by atoms with Gasteiger partial charge >= 0.3 is 6.03 Å². The molecule has 0 radical (unpaired) electrons. The van der Waals surface area contributed by atoms with Gasteiger partial charge < -0.3 is 11.1 Å². The average molecular weight is 239 g/mol. The number of carbonyl (C=O) groups is 2. The Morgan fingerprint density at radius 1 is 1.44 bits per heavy atom. The van der Waals surface area contributed by atoms with Gasteiger partial charge in [0.25, 0.3) is 0 Å². The second kappa shape index (κ2) is 6.02. The zero-order valence-corrected chi connectivity index (χ0v) is 9.64. The van der Waals surface area contributed by atoms with Gasteiger partial charge in [0.05, 0.1) is 5.75 Å². The van der Waals surface area contributed by atoms with Crippen LogP contribution in [0.15, 0.2) is 29.2 Å². The minimum absolute atomic E-state index is 0.177. The summed E-state index contributed by atoms with van der Waals surface area (Å²) >= 11 is 1.32. The lowest BCUT2D eigenvalue weighted by Gasteiger charge is -2.03. The molecule has 0 unspecified atom stereocenters. The van der Waals surface area contributed by atoms with E-state index in [-0.39, 0.29) is 11.7 Å². The fourth-order valence-electron chi connectivity index (χ4n) is 0.978. The fourth-order valence-corrected chi connectivity index (χ4v) is 1.74. The van der Waals surface area contributed by atoms with Crippen LogP contribution in [0.4, 0.5) is 10.5 Å². The van der Waals surface area contributed by atoms with E-state index in [0.29, 0.717) is 5.69 Å². The van der Waals surface area contributed by atoms with Crippen molar-refractivity contribution in [2.75, 3.05) is 18.5 Å². The van der Waals surface area contributed by atoms with E-state index >= 15 is 0 Å². The largest absolute Gasteiger partial charge is 0.399 e. The second-order valence-electron chi connectivity index (χ2n) is 2.99. The molecule has 4 N–H and O–H groups in total. The summed E-state index contributed by atoms with van der Waals surface area (Å²) in [4.78, 5) is 23.0. The van der Waals surface area contributed by atoms with E-state index in [1.165, 1.54) is 18.8 Å². The molecule has 5 nitrogen and oxygen atoms in total. The average Bonchev–Trinajstić information content (AvgIpc) is 2.26. The Bertz CT molecular complexity index is 395. The number of urea groups is 1. The molecule has 0 aromatic heterocycles. The second-order valence-corrected chi connectivity index (χ2v) is 4.04. The van der Waals surface area contributed by atoms with Crippen LogP contribution in [-0.4, -0.2) is 24.7 Å². The molecular formula is C10H13N3O2S. The Labute approximate surface area is 97.8 Å². The lowest BCUT2D eigenvalue weighted by atomic mass is 10.3. The number of rotatable bonds is 3. The van der Waals surface area contributed by atoms with Crippen LogP contribution in [-0.2, 0) is 4.79 Å². The van der Waals surface area contributed by atoms with Gasteiger partial charge in [0.1, 0.15) is 0 Å². The molecule has 6 heteroatoms. The zero-order valence-electron chi connectivity index (χ0n) is 8.82. The van der Waals surface area contributed by atoms with Gasteiger partial charge in [0, 0.05) is 17.6 Å². The van der Waals surface area contributed by atoms with Gasteiger partial charge in [0.15, 0.2) is 0 Å². The monoisotopic (exact) mass is 239 g/mol. The molecule has 0 heterocycles. The smallest absolute Gasteiger partial charge is 0.321 e. The molecule has 0 aliphatic carbocycles. The van der Waals surface area contributed by atoms with Crippen LogP contribution < -0.4 is 16.4 Å². The first-order valence-corrected chi connectivity index (χ1v) is 5.60. The van der Waals surface area contributed by atoms with Crippen LogP contribution in [0.3, 0.4) is 0 Å². The molecule has 3 amide bonds. The number of nitrogens with two attached hydrogens (primary N) is 1. The van der Waals surface area contributed by atoms with Crippen molar-refractivity contribution in [3.05, 3.63) is 24.3 Å². The summed E-state index contributed by atoms with van der Waals surface area (Å²) in [5.74, 6) is -0.163. The van der Waals surface area contributed by atoms with Crippen LogP contribution in [0, 0.1) is 0 Å². The number of benzene rings is 1. The van der Waals surface area contributed by atoms with Crippen molar-refractivity contribution < 1.29 is 9.59 Å². The first-order valence-electron chi connectivity index (χ1n) is 4.61. The van der Waals surface area contributed by atoms with Crippen LogP contribution in [0.5, 0.6) is 0 Å². The number of thioether (sulfide) groups is 1. The number of nitrogen functional groups attached to an aromatic ring is 1. The number of nitrogens with one attached hydrogen (secondary N) is 2. The van der Waals surface area contributed by atoms with Crippen molar-refractivity contribution >= 4 is 29.4 Å². The predicted molar refractivity (Wildman–Crippen MR) is 64.2 cm³/mol. The van der Waals surface area contributed by atoms with E-state index in [4.69, 9.17) is 5.73 Å². The molecule has 86 valence electrons. The van der Waals surface area contributed by atoms with Gasteiger partial charge in [-0.25, -0.2) is 4.79 Å². The standard InChI is InChI=1S/C10H13N3O2S/c1-12-10(15)13-9(14)6-16-8-4-2-3-7(11)5-8/h2-5H,6,11H2,1H3,(H2,12,13,14,15). The van der Waals surface area contributed by atoms with Gasteiger partial charge in [-0.15, -0.1) is 11.8 Å². The summed E-state index contributed by atoms with van der Waals surface area (Å²) in [6.07, 6.45) is 0. The van der Waals surface area contributed by atoms with Gasteiger partial charge in [0.2, 0.25) is 5.91 Å². The molecule has 0 bridgehead atoms. The third-order valence-electron chi connectivity index (χ3n) is 1.71. The Hall–Kier alpha value is -1.69. The summed E-state index contributed by atoms with van der Waals surface area (Å²) < 4.78 is 0. The van der Waals surface area contributed by atoms with Crippen LogP contribution >= 0.6 is 11.8 Å². The SMILES string of the molecule is CNC(=O)NC(=O)CSc1cccc(N)c1. The van der Waals surface area contributed by atoms with Crippen molar-refractivity contribution in [1.29, 1.82) is 0 Å². The molecule has 16 heavy (non-hydrogen) atoms. The third-order valence-corrected chi connectivity index (χ3v) is 2.70. The Morgan fingerprint density at radius 2 is 2.19 bits per heavy atom. The number of amides is 3. The molecule has 1 aromatic carbocycles. The molecule has 1 aromatic rings. The lowest BCUT2D eigenvalue weighted by molar-refractivity contribution is -0.117. The van der Waals surface area contributed by atoms with Crippen molar-refractivity contribution in [2.24, 2.45) is 0 Å². The maximum absolute atomic E-state index is 11.2. The molecule has 1 rings (SSSR count). The van der Waals surface area contributed by atoms with Crippen molar-refractivity contribution in [1.82, 2.24) is 10.6 Å². The Kier molecular flexibility index (Phi) is 4.65. The molecule has 0 aliphatic rings. The van der Waals surface area contributed by atoms with E-state index in [0.717, 1.165) is 4.90 Å². The van der Waals surface area contributed by atoms with Crippen LogP contribution in [0.25, 0.3) is 0 Å². The Balaban J connectivity index is 2.40. The number of hydrogen-bond acceptors (Lipinski definition) is 4. The van der Waals surface area contributed by atoms with Gasteiger partial charge in [-0.3, -0.25) is 10.1 Å². The zero-order chi connectivity index (χ0) is 12.0. The molecular weight excluding hydrogens is 226 g/mol. The van der Waals surface area contributed by atoms with Crippen molar-refractivity contribution in [2.45, 2.75) is 4.90 Å². The van der Waals surface area contributed by atoms with Gasteiger partial charge in [-0.2, -0.15) is 0 Å². The highest BCUT2D eigenvalue weighted by Crippen LogP contribution is 2.19. The predicted octanol–water partition coefficient (Wildman–Crippen LogP) is 0.817. The molecule has 0 atom stereocenters. The number of hydrogen-bond donors (Lipinski definition) is 3. The van der Waals surface area contributed by atoms with Crippen molar-refractivity contribution in [3.8, 4) is 0 Å². The number of imide groups is 1. The first kappa shape index (κ1) is 12.4. The minimum atomic E-state index is -0.502. The quantitative estimate of drug-likeness (QED) is 0.538. The number of anilines is 1. The van der Waals surface area contributed by atoms with Crippen LogP contribution in [0.2, 0.25) is 0 Å². The van der Waals surface area contributed by atoms with Gasteiger partial charge in [-0.05, 0) is 18.2 Å². The molecule has 0 aliphatic heterocycles. The molecule has 0 spiro atoms. The maximum Gasteiger partial charge on any atom is 0.321 e. The summed E-state index contributed by atoms with van der Waals surface area (Å²) in [6.45, 7) is 0.